The van der Waals surface area contributed by atoms with Gasteiger partial charge in [-0.25, -0.2) is 9.97 Å². The van der Waals surface area contributed by atoms with Gasteiger partial charge in [0.05, 0.1) is 17.1 Å². The Morgan fingerprint density at radius 3 is 2.67 bits per heavy atom. The van der Waals surface area contributed by atoms with E-state index in [1.807, 2.05) is 20.8 Å². The molecular formula is C16H19N5O2S. The van der Waals surface area contributed by atoms with E-state index in [2.05, 4.69) is 26.5 Å². The van der Waals surface area contributed by atoms with Crippen LogP contribution >= 0.6 is 11.8 Å². The zero-order valence-corrected chi connectivity index (χ0v) is 15.1. The van der Waals surface area contributed by atoms with Crippen molar-refractivity contribution in [2.24, 2.45) is 0 Å². The van der Waals surface area contributed by atoms with E-state index in [1.54, 1.807) is 19.9 Å². The number of nitrogens with zero attached hydrogens (tertiary/aromatic N) is 4. The molecular weight excluding hydrogens is 326 g/mol. The van der Waals surface area contributed by atoms with Crippen LogP contribution in [0.4, 0.5) is 5.88 Å². The van der Waals surface area contributed by atoms with Crippen LogP contribution in [-0.2, 0) is 10.2 Å². The van der Waals surface area contributed by atoms with Gasteiger partial charge in [-0.1, -0.05) is 37.7 Å². The average Bonchev–Trinajstić information content (AvgIpc) is 2.93. The summed E-state index contributed by atoms with van der Waals surface area (Å²) in [5.74, 6) is 0.728. The van der Waals surface area contributed by atoms with E-state index in [1.165, 1.54) is 11.8 Å². The second kappa shape index (κ2) is 7.01. The van der Waals surface area contributed by atoms with Crippen molar-refractivity contribution in [3.05, 3.63) is 28.8 Å². The molecule has 0 unspecified atom stereocenters. The van der Waals surface area contributed by atoms with Crippen LogP contribution in [0.3, 0.4) is 0 Å². The number of amides is 1. The first-order chi connectivity index (χ1) is 11.2. The monoisotopic (exact) mass is 345 g/mol. The molecule has 0 saturated heterocycles. The normalized spacial score (nSPS) is 11.2. The van der Waals surface area contributed by atoms with Gasteiger partial charge in [0, 0.05) is 11.5 Å². The maximum absolute atomic E-state index is 12.1. The maximum Gasteiger partial charge on any atom is 0.237 e. The highest BCUT2D eigenvalue weighted by Gasteiger charge is 2.20. The number of aryl methyl sites for hydroxylation is 2. The average molecular weight is 345 g/mol. The first kappa shape index (κ1) is 17.9. The largest absolute Gasteiger partial charge is 0.338 e. The molecule has 1 amide bonds. The second-order valence-corrected chi connectivity index (χ2v) is 7.28. The number of anilines is 1. The lowest BCUT2D eigenvalue weighted by Crippen LogP contribution is -2.14. The van der Waals surface area contributed by atoms with Gasteiger partial charge in [-0.2, -0.15) is 5.26 Å². The standard InChI is InChI=1S/C16H19N5O2S/c1-9-11(7-17)15(19-10(2)18-9)24-8-13(22)20-14-6-12(21-23-14)16(3,4)5/h6H,8H2,1-5H3,(H,20,22). The molecule has 8 heteroatoms. The van der Waals surface area contributed by atoms with Gasteiger partial charge in [-0.05, 0) is 13.8 Å². The molecule has 0 spiro atoms. The number of nitrogens with one attached hydrogen (secondary N) is 1. The van der Waals surface area contributed by atoms with Crippen LogP contribution in [0.15, 0.2) is 15.6 Å². The maximum atomic E-state index is 12.1. The third-order valence-electron chi connectivity index (χ3n) is 3.16. The van der Waals surface area contributed by atoms with Gasteiger partial charge >= 0.3 is 0 Å². The fraction of sp³-hybridized carbons (Fsp3) is 0.438. The van der Waals surface area contributed by atoms with Gasteiger partial charge in [-0.3, -0.25) is 10.1 Å². The molecule has 0 aliphatic carbocycles. The molecule has 2 rings (SSSR count). The number of nitriles is 1. The minimum absolute atomic E-state index is 0.107. The predicted octanol–water partition coefficient (Wildman–Crippen LogP) is 2.98. The lowest BCUT2D eigenvalue weighted by molar-refractivity contribution is -0.113. The van der Waals surface area contributed by atoms with E-state index < -0.39 is 0 Å². The van der Waals surface area contributed by atoms with Crippen LogP contribution in [0.25, 0.3) is 0 Å². The summed E-state index contributed by atoms with van der Waals surface area (Å²) in [4.78, 5) is 20.5. The van der Waals surface area contributed by atoms with Crippen LogP contribution in [0.2, 0.25) is 0 Å². The fourth-order valence-corrected chi connectivity index (χ4v) is 2.78. The summed E-state index contributed by atoms with van der Waals surface area (Å²) < 4.78 is 5.13. The Kier molecular flexibility index (Phi) is 5.24. The highest BCUT2D eigenvalue weighted by Crippen LogP contribution is 2.25. The van der Waals surface area contributed by atoms with Crippen LogP contribution < -0.4 is 5.32 Å². The Morgan fingerprint density at radius 1 is 1.38 bits per heavy atom. The summed E-state index contributed by atoms with van der Waals surface area (Å²) in [6.07, 6.45) is 0. The Balaban J connectivity index is 2.02. The van der Waals surface area contributed by atoms with Crippen molar-refractivity contribution < 1.29 is 9.32 Å². The van der Waals surface area contributed by atoms with Crippen molar-refractivity contribution in [1.82, 2.24) is 15.1 Å². The summed E-state index contributed by atoms with van der Waals surface area (Å²) in [6, 6.07) is 3.79. The number of rotatable bonds is 4. The molecule has 0 atom stereocenters. The predicted molar refractivity (Wildman–Crippen MR) is 90.8 cm³/mol. The third-order valence-corrected chi connectivity index (χ3v) is 4.14. The first-order valence-corrected chi connectivity index (χ1v) is 8.34. The molecule has 2 aromatic heterocycles. The molecule has 0 radical (unpaired) electrons. The molecule has 1 N–H and O–H groups in total. The zero-order chi connectivity index (χ0) is 17.9. The van der Waals surface area contributed by atoms with Gasteiger partial charge < -0.3 is 4.52 Å². The van der Waals surface area contributed by atoms with E-state index in [0.717, 1.165) is 5.69 Å². The minimum Gasteiger partial charge on any atom is -0.338 e. The Labute approximate surface area is 144 Å². The molecule has 24 heavy (non-hydrogen) atoms. The van der Waals surface area contributed by atoms with Gasteiger partial charge in [0.2, 0.25) is 11.8 Å². The molecule has 0 fully saturated rings. The van der Waals surface area contributed by atoms with E-state index in [4.69, 9.17) is 4.52 Å². The molecule has 7 nitrogen and oxygen atoms in total. The Bertz CT molecular complexity index is 802. The minimum atomic E-state index is -0.255. The lowest BCUT2D eigenvalue weighted by Gasteiger charge is -2.12. The van der Waals surface area contributed by atoms with E-state index in [0.29, 0.717) is 28.0 Å². The fourth-order valence-electron chi connectivity index (χ4n) is 1.91. The van der Waals surface area contributed by atoms with Crippen molar-refractivity contribution >= 4 is 23.6 Å². The Morgan fingerprint density at radius 2 is 2.08 bits per heavy atom. The Hall–Kier alpha value is -2.40. The number of carbonyl (C=O) groups excluding carboxylic acids is 1. The van der Waals surface area contributed by atoms with Crippen LogP contribution in [0.1, 0.15) is 43.5 Å². The second-order valence-electron chi connectivity index (χ2n) is 6.31. The van der Waals surface area contributed by atoms with Gasteiger partial charge in [-0.15, -0.1) is 0 Å². The van der Waals surface area contributed by atoms with Crippen molar-refractivity contribution in [2.75, 3.05) is 11.1 Å². The van der Waals surface area contributed by atoms with E-state index >= 15 is 0 Å². The molecule has 0 saturated carbocycles. The summed E-state index contributed by atoms with van der Waals surface area (Å²) in [5, 5.41) is 16.3. The zero-order valence-electron chi connectivity index (χ0n) is 14.3. The molecule has 0 aliphatic heterocycles. The van der Waals surface area contributed by atoms with Crippen LogP contribution in [-0.4, -0.2) is 26.8 Å². The van der Waals surface area contributed by atoms with Crippen molar-refractivity contribution in [3.8, 4) is 6.07 Å². The highest BCUT2D eigenvalue weighted by atomic mass is 32.2. The van der Waals surface area contributed by atoms with E-state index in [-0.39, 0.29) is 17.1 Å². The molecule has 2 aromatic rings. The lowest BCUT2D eigenvalue weighted by atomic mass is 9.92. The molecule has 2 heterocycles. The number of hydrogen-bond acceptors (Lipinski definition) is 7. The first-order valence-electron chi connectivity index (χ1n) is 7.36. The van der Waals surface area contributed by atoms with Crippen molar-refractivity contribution in [1.29, 1.82) is 5.26 Å². The van der Waals surface area contributed by atoms with E-state index in [9.17, 15) is 10.1 Å². The van der Waals surface area contributed by atoms with Crippen molar-refractivity contribution in [3.63, 3.8) is 0 Å². The topological polar surface area (TPSA) is 105 Å². The van der Waals surface area contributed by atoms with Crippen LogP contribution in [0, 0.1) is 25.2 Å². The van der Waals surface area contributed by atoms with Crippen molar-refractivity contribution in [2.45, 2.75) is 45.1 Å². The summed E-state index contributed by atoms with van der Waals surface area (Å²) in [7, 11) is 0. The number of carbonyl (C=O) groups is 1. The smallest absolute Gasteiger partial charge is 0.237 e. The molecule has 126 valence electrons. The molecule has 0 aliphatic rings. The van der Waals surface area contributed by atoms with Crippen LogP contribution in [0.5, 0.6) is 0 Å². The van der Waals surface area contributed by atoms with Gasteiger partial charge in [0.15, 0.2) is 0 Å². The summed E-state index contributed by atoms with van der Waals surface area (Å²) in [6.45, 7) is 9.53. The number of hydrogen-bond donors (Lipinski definition) is 1. The number of aromatic nitrogens is 3. The summed E-state index contributed by atoms with van der Waals surface area (Å²) >= 11 is 1.19. The SMILES string of the molecule is Cc1nc(C)c(C#N)c(SCC(=O)Nc2cc(C(C)(C)C)no2)n1. The van der Waals surface area contributed by atoms with Gasteiger partial charge in [0.25, 0.3) is 0 Å². The highest BCUT2D eigenvalue weighted by molar-refractivity contribution is 8.00. The quantitative estimate of drug-likeness (QED) is 0.671. The summed E-state index contributed by atoms with van der Waals surface area (Å²) in [5.41, 5.74) is 1.61. The molecule has 0 bridgehead atoms. The van der Waals surface area contributed by atoms with Gasteiger partial charge in [0.1, 0.15) is 22.5 Å². The molecule has 0 aromatic carbocycles. The third kappa shape index (κ3) is 4.32. The number of thioether (sulfide) groups is 1.